The normalized spacial score (nSPS) is 37.9. The first kappa shape index (κ1) is 14.7. The van der Waals surface area contributed by atoms with Gasteiger partial charge in [-0.25, -0.2) is 9.59 Å². The third-order valence-electron chi connectivity index (χ3n) is 2.78. The molecule has 12 heteroatoms. The molecule has 2 heterocycles. The molecule has 0 aromatic rings. The molecule has 2 aliphatic rings. The van der Waals surface area contributed by atoms with Gasteiger partial charge in [-0.3, -0.25) is 0 Å². The maximum Gasteiger partial charge on any atom is 0.518 e. The molecule has 0 amide bonds. The van der Waals surface area contributed by atoms with Crippen LogP contribution in [0.15, 0.2) is 0 Å². The Morgan fingerprint density at radius 2 is 1.45 bits per heavy atom. The summed E-state index contributed by atoms with van der Waals surface area (Å²) in [5.74, 6) is -10.5. The van der Waals surface area contributed by atoms with Gasteiger partial charge in [0, 0.05) is 0 Å². The Kier molecular flexibility index (Phi) is 3.05. The minimum Gasteiger partial charge on any atom is -0.394 e. The van der Waals surface area contributed by atoms with Crippen LogP contribution in [0, 0.1) is 0 Å². The molecule has 4 atom stereocenters. The summed E-state index contributed by atoms with van der Waals surface area (Å²) in [5, 5.41) is 57.0. The lowest BCUT2D eigenvalue weighted by atomic mass is 9.93. The largest absolute Gasteiger partial charge is 0.518 e. The van der Waals surface area contributed by atoms with E-state index in [1.165, 1.54) is 0 Å². The van der Waals surface area contributed by atoms with Gasteiger partial charge in [-0.05, 0) is 0 Å². The topological polar surface area (TPSA) is 192 Å². The van der Waals surface area contributed by atoms with E-state index in [4.69, 9.17) is 5.11 Å². The van der Waals surface area contributed by atoms with Crippen LogP contribution in [0.5, 0.6) is 0 Å². The van der Waals surface area contributed by atoms with Crippen LogP contribution in [0.2, 0.25) is 0 Å². The number of ether oxygens (including phenoxy) is 4. The second-order valence-corrected chi connectivity index (χ2v) is 4.03. The monoisotopic (exact) mass is 298 g/mol. The fourth-order valence-corrected chi connectivity index (χ4v) is 1.69. The Hall–Kier alpha value is -1.70. The van der Waals surface area contributed by atoms with E-state index >= 15 is 0 Å². The van der Waals surface area contributed by atoms with E-state index in [-0.39, 0.29) is 0 Å². The Balaban J connectivity index is 2.39. The maximum absolute atomic E-state index is 11.0. The molecule has 0 bridgehead atoms. The molecule has 114 valence electrons. The van der Waals surface area contributed by atoms with Gasteiger partial charge >= 0.3 is 29.9 Å². The van der Waals surface area contributed by atoms with E-state index in [1.54, 1.807) is 0 Å². The summed E-state index contributed by atoms with van der Waals surface area (Å²) in [6.45, 7) is -1.11. The van der Waals surface area contributed by atoms with Crippen molar-refractivity contribution in [2.24, 2.45) is 0 Å². The molecule has 2 fully saturated rings. The summed E-state index contributed by atoms with van der Waals surface area (Å²) < 4.78 is 16.2. The predicted octanol–water partition coefficient (Wildman–Crippen LogP) is -3.94. The molecule has 0 aromatic heterocycles. The van der Waals surface area contributed by atoms with Crippen LogP contribution in [0.25, 0.3) is 0 Å². The highest BCUT2D eigenvalue weighted by molar-refractivity contribution is 5.68. The van der Waals surface area contributed by atoms with Crippen LogP contribution in [0.3, 0.4) is 0 Å². The van der Waals surface area contributed by atoms with E-state index in [9.17, 15) is 35.1 Å². The summed E-state index contributed by atoms with van der Waals surface area (Å²) in [6.07, 6.45) is -7.92. The summed E-state index contributed by atoms with van der Waals surface area (Å²) >= 11 is 0. The van der Waals surface area contributed by atoms with E-state index in [2.05, 4.69) is 18.9 Å². The van der Waals surface area contributed by atoms with Crippen LogP contribution >= 0.6 is 0 Å². The van der Waals surface area contributed by atoms with Gasteiger partial charge in [-0.1, -0.05) is 0 Å². The molecule has 2 saturated heterocycles. The Labute approximate surface area is 109 Å². The Bertz CT molecular complexity index is 441. The Morgan fingerprint density at radius 3 is 1.90 bits per heavy atom. The first-order valence-corrected chi connectivity index (χ1v) is 5.07. The third-order valence-corrected chi connectivity index (χ3v) is 2.78. The van der Waals surface area contributed by atoms with E-state index in [1.807, 2.05) is 0 Å². The highest BCUT2D eigenvalue weighted by Gasteiger charge is 2.84. The first-order chi connectivity index (χ1) is 9.09. The molecule has 0 spiro atoms. The average Bonchev–Trinajstić information content (AvgIpc) is 2.58. The number of hydrogen-bond donors (Lipinski definition) is 6. The van der Waals surface area contributed by atoms with Crippen LogP contribution in [0.1, 0.15) is 0 Å². The van der Waals surface area contributed by atoms with Gasteiger partial charge in [0.15, 0.2) is 6.10 Å². The quantitative estimate of drug-likeness (QED) is 0.276. The number of rotatable bonds is 4. The number of carbonyl (C=O) groups excluding carboxylic acids is 2. The van der Waals surface area contributed by atoms with Gasteiger partial charge in [-0.2, -0.15) is 0 Å². The number of aliphatic hydroxyl groups is 6. The summed E-state index contributed by atoms with van der Waals surface area (Å²) in [4.78, 5) is 21.6. The summed E-state index contributed by atoms with van der Waals surface area (Å²) in [5.41, 5.74) is 0. The summed E-state index contributed by atoms with van der Waals surface area (Å²) in [6, 6.07) is 0. The van der Waals surface area contributed by atoms with Crippen LogP contribution in [0.4, 0.5) is 9.59 Å². The lowest BCUT2D eigenvalue weighted by molar-refractivity contribution is -0.522. The Morgan fingerprint density at radius 1 is 0.950 bits per heavy atom. The van der Waals surface area contributed by atoms with E-state index < -0.39 is 48.7 Å². The molecule has 6 N–H and O–H groups in total. The number of carbonyl (C=O) groups is 2. The standard InChI is InChI=1S/C8H10O12/c9-1-2(10)3(11)6(14)7(15,18-4(12)17-6)8(16)19-5(13)20-8/h2-3,9-11,14-16H,1H2/t2-,3-,6-,7-/m1/s1. The number of cyclic esters (lactones) is 4. The third kappa shape index (κ3) is 1.64. The van der Waals surface area contributed by atoms with Crippen molar-refractivity contribution < 1.29 is 59.2 Å². The molecule has 12 nitrogen and oxygen atoms in total. The van der Waals surface area contributed by atoms with Gasteiger partial charge < -0.3 is 49.6 Å². The smallest absolute Gasteiger partial charge is 0.394 e. The first-order valence-electron chi connectivity index (χ1n) is 5.07. The molecule has 20 heavy (non-hydrogen) atoms. The average molecular weight is 298 g/mol. The van der Waals surface area contributed by atoms with Crippen molar-refractivity contribution in [3.63, 3.8) is 0 Å². The minimum atomic E-state index is -3.61. The molecule has 0 aliphatic carbocycles. The lowest BCUT2D eigenvalue weighted by Crippen LogP contribution is -2.77. The maximum atomic E-state index is 11.0. The SMILES string of the molecule is O=C1OC(O)([C@]2(O)OC(=O)O[C@]2(O)[C@H](O)[C@H](O)CO)O1. The zero-order valence-electron chi connectivity index (χ0n) is 9.49. The fraction of sp³-hybridized carbons (Fsp3) is 0.750. The van der Waals surface area contributed by atoms with Crippen molar-refractivity contribution in [2.75, 3.05) is 6.61 Å². The molecule has 0 aromatic carbocycles. The second-order valence-electron chi connectivity index (χ2n) is 4.03. The van der Waals surface area contributed by atoms with Gasteiger partial charge in [0.25, 0.3) is 0 Å². The van der Waals surface area contributed by atoms with Crippen molar-refractivity contribution in [1.82, 2.24) is 0 Å². The molecule has 0 radical (unpaired) electrons. The van der Waals surface area contributed by atoms with Gasteiger partial charge in [0.05, 0.1) is 6.61 Å². The predicted molar refractivity (Wildman–Crippen MR) is 49.1 cm³/mol. The van der Waals surface area contributed by atoms with Crippen LogP contribution < -0.4 is 0 Å². The van der Waals surface area contributed by atoms with Gasteiger partial charge in [0.2, 0.25) is 0 Å². The highest BCUT2D eigenvalue weighted by Crippen LogP contribution is 2.47. The van der Waals surface area contributed by atoms with Crippen molar-refractivity contribution in [1.29, 1.82) is 0 Å². The fourth-order valence-electron chi connectivity index (χ4n) is 1.69. The molecular formula is C8H10O12. The minimum absolute atomic E-state index is 1.11. The number of hydrogen-bond acceptors (Lipinski definition) is 12. The molecule has 0 unspecified atom stereocenters. The molecular weight excluding hydrogens is 288 g/mol. The van der Waals surface area contributed by atoms with Crippen molar-refractivity contribution in [3.8, 4) is 0 Å². The van der Waals surface area contributed by atoms with Crippen LogP contribution in [-0.2, 0) is 18.9 Å². The van der Waals surface area contributed by atoms with Crippen molar-refractivity contribution in [2.45, 2.75) is 29.8 Å². The molecule has 0 saturated carbocycles. The van der Waals surface area contributed by atoms with Crippen molar-refractivity contribution in [3.05, 3.63) is 0 Å². The van der Waals surface area contributed by atoms with Gasteiger partial charge in [-0.15, -0.1) is 0 Å². The zero-order chi connectivity index (χ0) is 15.3. The second kappa shape index (κ2) is 4.15. The van der Waals surface area contributed by atoms with Crippen LogP contribution in [-0.4, -0.2) is 79.3 Å². The van der Waals surface area contributed by atoms with E-state index in [0.29, 0.717) is 0 Å². The lowest BCUT2D eigenvalue weighted by Gasteiger charge is -2.45. The molecule has 2 aliphatic heterocycles. The number of aliphatic hydroxyl groups excluding tert-OH is 3. The van der Waals surface area contributed by atoms with Crippen molar-refractivity contribution >= 4 is 12.3 Å². The summed E-state index contributed by atoms with van der Waals surface area (Å²) in [7, 11) is 0. The molecule has 2 rings (SSSR count). The highest BCUT2D eigenvalue weighted by atomic mass is 17.0. The zero-order valence-corrected chi connectivity index (χ0v) is 9.49. The van der Waals surface area contributed by atoms with E-state index in [0.717, 1.165) is 0 Å². The van der Waals surface area contributed by atoms with Gasteiger partial charge in [0.1, 0.15) is 6.10 Å².